The Morgan fingerprint density at radius 1 is 0.640 bits per heavy atom. The minimum Gasteiger partial charge on any atom is -0.461 e. The summed E-state index contributed by atoms with van der Waals surface area (Å²) in [6.45, 7) is 0. The molecule has 0 N–H and O–H groups in total. The lowest BCUT2D eigenvalue weighted by Gasteiger charge is -2.19. The Bertz CT molecular complexity index is 905. The Balaban J connectivity index is 1.80. The Labute approximate surface area is 148 Å². The van der Waals surface area contributed by atoms with Gasteiger partial charge >= 0.3 is 0 Å². The van der Waals surface area contributed by atoms with Gasteiger partial charge < -0.3 is 4.74 Å². The molecular formula is C24H19O. The van der Waals surface area contributed by atoms with E-state index in [1.54, 1.807) is 0 Å². The molecular weight excluding hydrogens is 304 g/mol. The van der Waals surface area contributed by atoms with Gasteiger partial charge in [-0.3, -0.25) is 0 Å². The van der Waals surface area contributed by atoms with Gasteiger partial charge in [-0.05, 0) is 35.2 Å². The second kappa shape index (κ2) is 7.23. The number of ether oxygens (including phenoxy) is 1. The molecule has 4 rings (SSSR count). The lowest BCUT2D eigenvalue weighted by Crippen LogP contribution is -2.04. The first-order valence-corrected chi connectivity index (χ1v) is 8.53. The maximum Gasteiger partial charge on any atom is 0.126 e. The number of benzene rings is 3. The van der Waals surface area contributed by atoms with Crippen LogP contribution in [0.25, 0.3) is 16.7 Å². The fourth-order valence-electron chi connectivity index (χ4n) is 3.08. The highest BCUT2D eigenvalue weighted by Gasteiger charge is 2.16. The highest BCUT2D eigenvalue weighted by atomic mass is 16.5. The highest BCUT2D eigenvalue weighted by Crippen LogP contribution is 2.35. The Kier molecular flexibility index (Phi) is 4.47. The maximum absolute atomic E-state index is 6.19. The molecule has 0 atom stereocenters. The van der Waals surface area contributed by atoms with Gasteiger partial charge in [-0.2, -0.15) is 0 Å². The van der Waals surface area contributed by atoms with Gasteiger partial charge in [-0.25, -0.2) is 0 Å². The van der Waals surface area contributed by atoms with Crippen molar-refractivity contribution in [2.45, 2.75) is 6.42 Å². The van der Waals surface area contributed by atoms with Crippen LogP contribution in [0.3, 0.4) is 0 Å². The molecule has 0 bridgehead atoms. The van der Waals surface area contributed by atoms with Crippen molar-refractivity contribution in [3.05, 3.63) is 115 Å². The summed E-state index contributed by atoms with van der Waals surface area (Å²) in [5.74, 6) is 1.77. The topological polar surface area (TPSA) is 9.23 Å². The summed E-state index contributed by atoms with van der Waals surface area (Å²) in [4.78, 5) is 0. The average molecular weight is 323 g/mol. The summed E-state index contributed by atoms with van der Waals surface area (Å²) in [5, 5.41) is 0. The highest BCUT2D eigenvalue weighted by molar-refractivity contribution is 5.87. The molecule has 3 aromatic carbocycles. The summed E-state index contributed by atoms with van der Waals surface area (Å²) in [6.07, 6.45) is 7.37. The molecule has 1 aliphatic carbocycles. The molecule has 0 heterocycles. The van der Waals surface area contributed by atoms with E-state index in [9.17, 15) is 0 Å². The van der Waals surface area contributed by atoms with E-state index in [1.165, 1.54) is 16.7 Å². The van der Waals surface area contributed by atoms with Crippen molar-refractivity contribution in [1.29, 1.82) is 0 Å². The molecule has 0 aromatic heterocycles. The van der Waals surface area contributed by atoms with Gasteiger partial charge in [-0.15, -0.1) is 0 Å². The Hall–Kier alpha value is -3.06. The van der Waals surface area contributed by atoms with Crippen LogP contribution in [0.5, 0.6) is 5.75 Å². The SMILES string of the molecule is [CH]1CC=CC(c2ccccc2-c2ccccc2)=C1Oc1ccccc1. The summed E-state index contributed by atoms with van der Waals surface area (Å²) in [7, 11) is 0. The van der Waals surface area contributed by atoms with Gasteiger partial charge in [0.1, 0.15) is 11.5 Å². The van der Waals surface area contributed by atoms with Crippen molar-refractivity contribution in [1.82, 2.24) is 0 Å². The fraction of sp³-hybridized carbons (Fsp3) is 0.0417. The van der Waals surface area contributed by atoms with Gasteiger partial charge in [0.2, 0.25) is 0 Å². The van der Waals surface area contributed by atoms with Crippen LogP contribution >= 0.6 is 0 Å². The zero-order chi connectivity index (χ0) is 16.9. The van der Waals surface area contributed by atoms with E-state index in [0.717, 1.165) is 23.5 Å². The minimum atomic E-state index is 0.860. The molecule has 1 aliphatic rings. The summed E-state index contributed by atoms with van der Waals surface area (Å²) in [6, 6.07) is 28.9. The molecule has 0 amide bonds. The molecule has 1 heteroatoms. The van der Waals surface area contributed by atoms with E-state index in [0.29, 0.717) is 0 Å². The summed E-state index contributed by atoms with van der Waals surface area (Å²) in [5.41, 5.74) is 4.73. The van der Waals surface area contributed by atoms with E-state index >= 15 is 0 Å². The van der Waals surface area contributed by atoms with Crippen molar-refractivity contribution >= 4 is 5.57 Å². The molecule has 0 fully saturated rings. The fourth-order valence-corrected chi connectivity index (χ4v) is 3.08. The third kappa shape index (κ3) is 3.41. The zero-order valence-electron chi connectivity index (χ0n) is 13.9. The van der Waals surface area contributed by atoms with Crippen molar-refractivity contribution in [2.75, 3.05) is 0 Å². The van der Waals surface area contributed by atoms with Crippen LogP contribution in [0, 0.1) is 6.42 Å². The second-order valence-electron chi connectivity index (χ2n) is 5.95. The van der Waals surface area contributed by atoms with Crippen molar-refractivity contribution in [3.8, 4) is 16.9 Å². The molecule has 1 radical (unpaired) electrons. The zero-order valence-corrected chi connectivity index (χ0v) is 13.9. The molecule has 0 unspecified atom stereocenters. The number of hydrogen-bond donors (Lipinski definition) is 0. The second-order valence-corrected chi connectivity index (χ2v) is 5.95. The van der Waals surface area contributed by atoms with E-state index in [-0.39, 0.29) is 0 Å². The average Bonchev–Trinajstić information content (AvgIpc) is 2.70. The van der Waals surface area contributed by atoms with Crippen LogP contribution in [0.2, 0.25) is 0 Å². The smallest absolute Gasteiger partial charge is 0.126 e. The van der Waals surface area contributed by atoms with Crippen molar-refractivity contribution < 1.29 is 4.74 Å². The largest absolute Gasteiger partial charge is 0.461 e. The minimum absolute atomic E-state index is 0.860. The Morgan fingerprint density at radius 3 is 2.04 bits per heavy atom. The first kappa shape index (κ1) is 15.5. The third-order valence-corrected chi connectivity index (χ3v) is 4.26. The Morgan fingerprint density at radius 2 is 1.28 bits per heavy atom. The number of rotatable bonds is 4. The van der Waals surface area contributed by atoms with Crippen LogP contribution in [0.15, 0.2) is 103 Å². The van der Waals surface area contributed by atoms with E-state index in [4.69, 9.17) is 4.74 Å². The quantitative estimate of drug-likeness (QED) is 0.547. The van der Waals surface area contributed by atoms with Crippen molar-refractivity contribution in [3.63, 3.8) is 0 Å². The van der Waals surface area contributed by atoms with Crippen LogP contribution in [-0.4, -0.2) is 0 Å². The van der Waals surface area contributed by atoms with Gasteiger partial charge in [0.05, 0.1) is 0 Å². The van der Waals surface area contributed by atoms with Gasteiger partial charge in [0.15, 0.2) is 0 Å². The molecule has 25 heavy (non-hydrogen) atoms. The predicted molar refractivity (Wildman–Crippen MR) is 104 cm³/mol. The summed E-state index contributed by atoms with van der Waals surface area (Å²) >= 11 is 0. The lowest BCUT2D eigenvalue weighted by molar-refractivity contribution is 0.434. The lowest BCUT2D eigenvalue weighted by atomic mass is 9.91. The third-order valence-electron chi connectivity index (χ3n) is 4.26. The first-order valence-electron chi connectivity index (χ1n) is 8.53. The van der Waals surface area contributed by atoms with Crippen molar-refractivity contribution in [2.24, 2.45) is 0 Å². The number of allylic oxidation sites excluding steroid dienone is 4. The summed E-state index contributed by atoms with van der Waals surface area (Å²) < 4.78 is 6.19. The predicted octanol–water partition coefficient (Wildman–Crippen LogP) is 6.31. The first-order chi connectivity index (χ1) is 12.4. The van der Waals surface area contributed by atoms with E-state index in [2.05, 4.69) is 67.1 Å². The van der Waals surface area contributed by atoms with Gasteiger partial charge in [0, 0.05) is 12.0 Å². The normalized spacial score (nSPS) is 13.8. The molecule has 3 aromatic rings. The number of hydrogen-bond acceptors (Lipinski definition) is 1. The molecule has 0 spiro atoms. The molecule has 1 nitrogen and oxygen atoms in total. The van der Waals surface area contributed by atoms with Crippen LogP contribution < -0.4 is 4.74 Å². The van der Waals surface area contributed by atoms with Crippen LogP contribution in [0.1, 0.15) is 12.0 Å². The van der Waals surface area contributed by atoms with E-state index < -0.39 is 0 Å². The van der Waals surface area contributed by atoms with Crippen LogP contribution in [0.4, 0.5) is 0 Å². The number of para-hydroxylation sites is 1. The molecule has 0 aliphatic heterocycles. The van der Waals surface area contributed by atoms with E-state index in [1.807, 2.05) is 36.4 Å². The van der Waals surface area contributed by atoms with Gasteiger partial charge in [0.25, 0.3) is 0 Å². The standard InChI is InChI=1S/C24H19O/c1-3-11-19(12-4-1)21-15-7-8-16-22(21)23-17-9-10-18-24(23)25-20-13-5-2-6-14-20/h1-9,11-18H,10H2. The molecule has 0 saturated heterocycles. The van der Waals surface area contributed by atoms with Gasteiger partial charge in [-0.1, -0.05) is 84.9 Å². The molecule has 0 saturated carbocycles. The van der Waals surface area contributed by atoms with Crippen LogP contribution in [-0.2, 0) is 0 Å². The molecule has 121 valence electrons. The maximum atomic E-state index is 6.19. The monoisotopic (exact) mass is 323 g/mol.